The van der Waals surface area contributed by atoms with Gasteiger partial charge in [-0.3, -0.25) is 0 Å². The van der Waals surface area contributed by atoms with Crippen LogP contribution in [0.2, 0.25) is 0 Å². The molecule has 2 heteroatoms. The zero-order chi connectivity index (χ0) is 10.3. The van der Waals surface area contributed by atoms with Gasteiger partial charge in [0.1, 0.15) is 0 Å². The number of anilines is 1. The average Bonchev–Trinajstić information content (AvgIpc) is 2.30. The minimum atomic E-state index is 0.533. The Bertz CT molecular complexity index is 436. The van der Waals surface area contributed by atoms with Gasteiger partial charge in [-0.25, -0.2) is 0 Å². The summed E-state index contributed by atoms with van der Waals surface area (Å²) in [5, 5.41) is 0. The first-order valence-corrected chi connectivity index (χ1v) is 6.20. The van der Waals surface area contributed by atoms with E-state index < -0.39 is 0 Å². The predicted molar refractivity (Wildman–Crippen MR) is 72.2 cm³/mol. The molecule has 1 aliphatic carbocycles. The van der Waals surface area contributed by atoms with Crippen molar-refractivity contribution in [1.82, 2.24) is 0 Å². The lowest BCUT2D eigenvalue weighted by Gasteiger charge is -2.38. The standard InChI is InChI=1S/C13H12IN/c14-15-12-7-3-1-5-10(12)9-11-6-2-4-8-13(11)15/h1-8,10,12H,9H2. The molecule has 0 fully saturated rings. The van der Waals surface area contributed by atoms with Gasteiger partial charge in [0.2, 0.25) is 0 Å². The van der Waals surface area contributed by atoms with Gasteiger partial charge in [-0.15, -0.1) is 0 Å². The van der Waals surface area contributed by atoms with Crippen molar-refractivity contribution in [3.63, 3.8) is 0 Å². The molecule has 76 valence electrons. The van der Waals surface area contributed by atoms with E-state index in [4.69, 9.17) is 0 Å². The second kappa shape index (κ2) is 3.67. The number of fused-ring (bicyclic) bond motifs is 2. The summed E-state index contributed by atoms with van der Waals surface area (Å²) in [6.07, 6.45) is 10.1. The zero-order valence-corrected chi connectivity index (χ0v) is 10.5. The summed E-state index contributed by atoms with van der Waals surface area (Å²) < 4.78 is 2.36. The van der Waals surface area contributed by atoms with Crippen molar-refractivity contribution in [2.24, 2.45) is 5.92 Å². The molecule has 1 aromatic rings. The van der Waals surface area contributed by atoms with Gasteiger partial charge in [0.15, 0.2) is 0 Å². The second-order valence-corrected chi connectivity index (χ2v) is 5.11. The van der Waals surface area contributed by atoms with E-state index in [1.54, 1.807) is 0 Å². The molecule has 3 rings (SSSR count). The van der Waals surface area contributed by atoms with Crippen molar-refractivity contribution in [3.8, 4) is 0 Å². The van der Waals surface area contributed by atoms with Crippen LogP contribution in [-0.2, 0) is 6.42 Å². The Hall–Kier alpha value is -0.770. The average molecular weight is 309 g/mol. The molecule has 2 atom stereocenters. The monoisotopic (exact) mass is 309 g/mol. The minimum absolute atomic E-state index is 0.533. The van der Waals surface area contributed by atoms with Crippen LogP contribution >= 0.6 is 22.9 Å². The number of halogens is 1. The molecule has 1 heterocycles. The molecule has 0 N–H and O–H groups in total. The van der Waals surface area contributed by atoms with Crippen LogP contribution in [0.3, 0.4) is 0 Å². The highest BCUT2D eigenvalue weighted by Crippen LogP contribution is 2.38. The van der Waals surface area contributed by atoms with E-state index in [0.717, 1.165) is 0 Å². The predicted octanol–water partition coefficient (Wildman–Crippen LogP) is 3.51. The third-order valence-corrected chi connectivity index (χ3v) is 4.32. The highest BCUT2D eigenvalue weighted by molar-refractivity contribution is 14.1. The first-order valence-electron chi connectivity index (χ1n) is 5.24. The smallest absolute Gasteiger partial charge is 0.0641 e. The number of hydrogen-bond donors (Lipinski definition) is 0. The van der Waals surface area contributed by atoms with Gasteiger partial charge in [-0.05, 0) is 18.1 Å². The number of allylic oxidation sites excluding steroid dienone is 2. The molecular weight excluding hydrogens is 297 g/mol. The van der Waals surface area contributed by atoms with Crippen molar-refractivity contribution in [1.29, 1.82) is 0 Å². The number of para-hydroxylation sites is 1. The summed E-state index contributed by atoms with van der Waals surface area (Å²) in [4.78, 5) is 0. The van der Waals surface area contributed by atoms with Crippen LogP contribution in [0.25, 0.3) is 0 Å². The van der Waals surface area contributed by atoms with E-state index in [1.807, 2.05) is 0 Å². The van der Waals surface area contributed by atoms with E-state index >= 15 is 0 Å². The van der Waals surface area contributed by atoms with Crippen LogP contribution in [0.5, 0.6) is 0 Å². The fourth-order valence-electron chi connectivity index (χ4n) is 2.38. The first-order chi connectivity index (χ1) is 7.36. The van der Waals surface area contributed by atoms with Crippen LogP contribution < -0.4 is 3.11 Å². The molecule has 0 amide bonds. The van der Waals surface area contributed by atoms with Gasteiger partial charge in [0.25, 0.3) is 0 Å². The SMILES string of the molecule is IN1c2ccccc2CC2C=CC=CC21. The summed E-state index contributed by atoms with van der Waals surface area (Å²) in [6, 6.07) is 9.23. The van der Waals surface area contributed by atoms with Crippen LogP contribution in [0.1, 0.15) is 5.56 Å². The third kappa shape index (κ3) is 1.51. The van der Waals surface area contributed by atoms with Gasteiger partial charge in [0, 0.05) is 11.6 Å². The molecule has 1 nitrogen and oxygen atoms in total. The van der Waals surface area contributed by atoms with Crippen molar-refractivity contribution in [3.05, 3.63) is 54.1 Å². The Balaban J connectivity index is 2.07. The van der Waals surface area contributed by atoms with E-state index in [9.17, 15) is 0 Å². The maximum atomic E-state index is 2.43. The molecule has 15 heavy (non-hydrogen) atoms. The number of benzene rings is 1. The topological polar surface area (TPSA) is 3.24 Å². The molecule has 0 spiro atoms. The molecule has 0 radical (unpaired) electrons. The molecular formula is C13H12IN. The lowest BCUT2D eigenvalue weighted by molar-refractivity contribution is 0.558. The fourth-order valence-corrected chi connectivity index (χ4v) is 3.45. The van der Waals surface area contributed by atoms with E-state index in [-0.39, 0.29) is 0 Å². The normalized spacial score (nSPS) is 27.4. The highest BCUT2D eigenvalue weighted by atomic mass is 127. The largest absolute Gasteiger partial charge is 0.307 e. The molecule has 2 unspecified atom stereocenters. The van der Waals surface area contributed by atoms with Crippen molar-refractivity contribution >= 4 is 28.6 Å². The second-order valence-electron chi connectivity index (χ2n) is 4.07. The van der Waals surface area contributed by atoms with Crippen LogP contribution in [0.4, 0.5) is 5.69 Å². The summed E-state index contributed by atoms with van der Waals surface area (Å²) in [6.45, 7) is 0. The summed E-state index contributed by atoms with van der Waals surface area (Å²) in [7, 11) is 0. The van der Waals surface area contributed by atoms with Crippen molar-refractivity contribution in [2.75, 3.05) is 3.11 Å². The third-order valence-electron chi connectivity index (χ3n) is 3.16. The maximum absolute atomic E-state index is 2.43. The van der Waals surface area contributed by atoms with E-state index in [1.165, 1.54) is 17.7 Å². The lowest BCUT2D eigenvalue weighted by Crippen LogP contribution is -2.37. The van der Waals surface area contributed by atoms with Gasteiger partial charge in [-0.2, -0.15) is 0 Å². The van der Waals surface area contributed by atoms with Gasteiger partial charge in [-0.1, -0.05) is 42.5 Å². The number of nitrogens with zero attached hydrogens (tertiary/aromatic N) is 1. The van der Waals surface area contributed by atoms with Gasteiger partial charge >= 0.3 is 0 Å². The summed E-state index contributed by atoms with van der Waals surface area (Å²) >= 11 is 2.43. The molecule has 1 aromatic carbocycles. The molecule has 0 saturated carbocycles. The summed E-state index contributed by atoms with van der Waals surface area (Å²) in [5.74, 6) is 0.641. The molecule has 1 aliphatic heterocycles. The number of rotatable bonds is 0. The Morgan fingerprint density at radius 2 is 1.93 bits per heavy atom. The molecule has 0 bridgehead atoms. The van der Waals surface area contributed by atoms with E-state index in [2.05, 4.69) is 74.5 Å². The zero-order valence-electron chi connectivity index (χ0n) is 8.31. The quantitative estimate of drug-likeness (QED) is 0.524. The van der Waals surface area contributed by atoms with Crippen LogP contribution in [0.15, 0.2) is 48.6 Å². The van der Waals surface area contributed by atoms with Crippen LogP contribution in [-0.4, -0.2) is 6.04 Å². The molecule has 0 aromatic heterocycles. The summed E-state index contributed by atoms with van der Waals surface area (Å²) in [5.41, 5.74) is 2.84. The molecule has 2 aliphatic rings. The lowest BCUT2D eigenvalue weighted by atomic mass is 9.85. The Labute approximate surface area is 104 Å². The Morgan fingerprint density at radius 1 is 1.13 bits per heavy atom. The fraction of sp³-hybridized carbons (Fsp3) is 0.231. The maximum Gasteiger partial charge on any atom is 0.0641 e. The Kier molecular flexibility index (Phi) is 2.31. The van der Waals surface area contributed by atoms with E-state index in [0.29, 0.717) is 12.0 Å². The highest BCUT2D eigenvalue weighted by Gasteiger charge is 2.30. The van der Waals surface area contributed by atoms with Crippen LogP contribution in [0, 0.1) is 5.92 Å². The van der Waals surface area contributed by atoms with Gasteiger partial charge in [0.05, 0.1) is 28.9 Å². The molecule has 0 saturated heterocycles. The number of hydrogen-bond acceptors (Lipinski definition) is 1. The van der Waals surface area contributed by atoms with Crippen molar-refractivity contribution < 1.29 is 0 Å². The Morgan fingerprint density at radius 3 is 2.87 bits per heavy atom. The van der Waals surface area contributed by atoms with Crippen molar-refractivity contribution in [2.45, 2.75) is 12.5 Å². The van der Waals surface area contributed by atoms with Gasteiger partial charge < -0.3 is 3.11 Å². The first kappa shape index (κ1) is 9.46. The minimum Gasteiger partial charge on any atom is -0.307 e.